The van der Waals surface area contributed by atoms with Gasteiger partial charge in [-0.05, 0) is 47.5 Å². The van der Waals surface area contributed by atoms with Crippen LogP contribution in [0.5, 0.6) is 11.5 Å². The molecule has 0 unspecified atom stereocenters. The van der Waals surface area contributed by atoms with Crippen molar-refractivity contribution < 1.29 is 9.47 Å². The second-order valence-corrected chi connectivity index (χ2v) is 6.35. The number of nitrogens with two attached hydrogens (primary N) is 1. The van der Waals surface area contributed by atoms with Gasteiger partial charge in [0.05, 0.1) is 21.0 Å². The van der Waals surface area contributed by atoms with Gasteiger partial charge in [-0.25, -0.2) is 4.98 Å². The lowest BCUT2D eigenvalue weighted by Crippen LogP contribution is -2.02. The van der Waals surface area contributed by atoms with Gasteiger partial charge in [-0.3, -0.25) is 0 Å². The van der Waals surface area contributed by atoms with E-state index in [9.17, 15) is 0 Å². The standard InChI is InChI=1S/C14H17BrN2O2S/c1-3-18-13-5-10(6-16)4-12(15)14(13)19-8-11-7-17-9(2)20-11/h4-5,7H,3,6,8,16H2,1-2H3. The number of nitrogens with zero attached hydrogens (tertiary/aromatic N) is 1. The average Bonchev–Trinajstić information content (AvgIpc) is 2.83. The van der Waals surface area contributed by atoms with Gasteiger partial charge in [0.2, 0.25) is 0 Å². The predicted molar refractivity (Wildman–Crippen MR) is 84.4 cm³/mol. The van der Waals surface area contributed by atoms with E-state index >= 15 is 0 Å². The summed E-state index contributed by atoms with van der Waals surface area (Å²) in [5.41, 5.74) is 6.68. The summed E-state index contributed by atoms with van der Waals surface area (Å²) >= 11 is 5.14. The van der Waals surface area contributed by atoms with E-state index in [1.165, 1.54) is 0 Å². The number of ether oxygens (including phenoxy) is 2. The molecule has 0 aliphatic heterocycles. The lowest BCUT2D eigenvalue weighted by molar-refractivity contribution is 0.269. The number of hydrogen-bond donors (Lipinski definition) is 1. The Morgan fingerprint density at radius 2 is 2.15 bits per heavy atom. The van der Waals surface area contributed by atoms with Crippen LogP contribution in [0.1, 0.15) is 22.4 Å². The van der Waals surface area contributed by atoms with Gasteiger partial charge in [0, 0.05) is 12.7 Å². The molecule has 2 aromatic rings. The minimum Gasteiger partial charge on any atom is -0.490 e. The van der Waals surface area contributed by atoms with E-state index in [1.807, 2.05) is 32.2 Å². The summed E-state index contributed by atoms with van der Waals surface area (Å²) in [6.07, 6.45) is 1.84. The zero-order valence-electron chi connectivity index (χ0n) is 11.5. The number of aryl methyl sites for hydroxylation is 1. The second kappa shape index (κ2) is 7.06. The SMILES string of the molecule is CCOc1cc(CN)cc(Br)c1OCc1cnc(C)s1. The van der Waals surface area contributed by atoms with Gasteiger partial charge in [0.25, 0.3) is 0 Å². The van der Waals surface area contributed by atoms with E-state index < -0.39 is 0 Å². The van der Waals surface area contributed by atoms with Crippen LogP contribution >= 0.6 is 27.3 Å². The number of thiazole rings is 1. The van der Waals surface area contributed by atoms with Crippen LogP contribution in [0.2, 0.25) is 0 Å². The number of hydrogen-bond acceptors (Lipinski definition) is 5. The van der Waals surface area contributed by atoms with Crippen LogP contribution in [0, 0.1) is 6.92 Å². The maximum Gasteiger partial charge on any atom is 0.175 e. The molecule has 1 heterocycles. The van der Waals surface area contributed by atoms with Gasteiger partial charge in [-0.1, -0.05) is 0 Å². The summed E-state index contributed by atoms with van der Waals surface area (Å²) in [5, 5.41) is 1.03. The molecule has 0 fully saturated rings. The zero-order chi connectivity index (χ0) is 14.5. The van der Waals surface area contributed by atoms with Crippen molar-refractivity contribution in [3.8, 4) is 11.5 Å². The molecule has 0 spiro atoms. The van der Waals surface area contributed by atoms with Crippen LogP contribution in [0.4, 0.5) is 0 Å². The minimum absolute atomic E-state index is 0.465. The van der Waals surface area contributed by atoms with E-state index in [0.29, 0.717) is 31.3 Å². The first-order valence-corrected chi connectivity index (χ1v) is 7.94. The predicted octanol–water partition coefficient (Wildman–Crippen LogP) is 3.65. The van der Waals surface area contributed by atoms with Crippen LogP contribution in [-0.2, 0) is 13.2 Å². The molecule has 108 valence electrons. The molecule has 0 saturated carbocycles. The van der Waals surface area contributed by atoms with E-state index in [4.69, 9.17) is 15.2 Å². The molecule has 0 bridgehead atoms. The first kappa shape index (κ1) is 15.3. The van der Waals surface area contributed by atoms with E-state index in [1.54, 1.807) is 11.3 Å². The first-order valence-electron chi connectivity index (χ1n) is 6.33. The van der Waals surface area contributed by atoms with E-state index in [0.717, 1.165) is 19.9 Å². The summed E-state index contributed by atoms with van der Waals surface area (Å²) in [4.78, 5) is 5.30. The van der Waals surface area contributed by atoms with Gasteiger partial charge >= 0.3 is 0 Å². The minimum atomic E-state index is 0.465. The fourth-order valence-electron chi connectivity index (χ4n) is 1.76. The van der Waals surface area contributed by atoms with Gasteiger partial charge in [0.15, 0.2) is 11.5 Å². The largest absolute Gasteiger partial charge is 0.490 e. The summed E-state index contributed by atoms with van der Waals surface area (Å²) in [6, 6.07) is 3.87. The highest BCUT2D eigenvalue weighted by Gasteiger charge is 2.12. The van der Waals surface area contributed by atoms with Crippen LogP contribution in [0.25, 0.3) is 0 Å². The van der Waals surface area contributed by atoms with Crippen molar-refractivity contribution in [2.24, 2.45) is 5.73 Å². The molecule has 0 saturated heterocycles. The van der Waals surface area contributed by atoms with Crippen molar-refractivity contribution in [3.05, 3.63) is 38.3 Å². The monoisotopic (exact) mass is 356 g/mol. The molecule has 0 atom stereocenters. The maximum atomic E-state index is 5.88. The number of aromatic nitrogens is 1. The summed E-state index contributed by atoms with van der Waals surface area (Å²) in [5.74, 6) is 1.42. The number of rotatable bonds is 6. The Hall–Kier alpha value is -1.11. The van der Waals surface area contributed by atoms with Crippen LogP contribution < -0.4 is 15.2 Å². The number of benzene rings is 1. The lowest BCUT2D eigenvalue weighted by atomic mass is 10.2. The highest BCUT2D eigenvalue weighted by molar-refractivity contribution is 9.10. The Labute approximate surface area is 131 Å². The Morgan fingerprint density at radius 3 is 2.75 bits per heavy atom. The lowest BCUT2D eigenvalue weighted by Gasteiger charge is -2.14. The van der Waals surface area contributed by atoms with Gasteiger partial charge in [-0.15, -0.1) is 11.3 Å². The molecule has 1 aromatic heterocycles. The molecule has 4 nitrogen and oxygen atoms in total. The maximum absolute atomic E-state index is 5.88. The molecular formula is C14H17BrN2O2S. The van der Waals surface area contributed by atoms with Crippen LogP contribution in [0.15, 0.2) is 22.8 Å². The summed E-state index contributed by atoms with van der Waals surface area (Å²) in [7, 11) is 0. The third-order valence-electron chi connectivity index (χ3n) is 2.63. The van der Waals surface area contributed by atoms with Crippen molar-refractivity contribution in [2.75, 3.05) is 6.61 Å². The third kappa shape index (κ3) is 3.71. The molecule has 0 amide bonds. The van der Waals surface area contributed by atoms with Crippen molar-refractivity contribution in [1.29, 1.82) is 0 Å². The van der Waals surface area contributed by atoms with Gasteiger partial charge in [-0.2, -0.15) is 0 Å². The van der Waals surface area contributed by atoms with Crippen LogP contribution in [0.3, 0.4) is 0 Å². The zero-order valence-corrected chi connectivity index (χ0v) is 13.9. The molecule has 0 aliphatic rings. The van der Waals surface area contributed by atoms with Crippen LogP contribution in [-0.4, -0.2) is 11.6 Å². The fourth-order valence-corrected chi connectivity index (χ4v) is 3.07. The Kier molecular flexibility index (Phi) is 5.39. The molecule has 20 heavy (non-hydrogen) atoms. The second-order valence-electron chi connectivity index (χ2n) is 4.18. The molecule has 2 N–H and O–H groups in total. The highest BCUT2D eigenvalue weighted by atomic mass is 79.9. The molecule has 0 aliphatic carbocycles. The number of halogens is 1. The molecule has 1 aromatic carbocycles. The van der Waals surface area contributed by atoms with Crippen molar-refractivity contribution >= 4 is 27.3 Å². The smallest absolute Gasteiger partial charge is 0.175 e. The third-order valence-corrected chi connectivity index (χ3v) is 4.11. The molecular weight excluding hydrogens is 340 g/mol. The Bertz CT molecular complexity index is 587. The highest BCUT2D eigenvalue weighted by Crippen LogP contribution is 2.37. The molecule has 2 rings (SSSR count). The first-order chi connectivity index (χ1) is 9.63. The van der Waals surface area contributed by atoms with Gasteiger partial charge < -0.3 is 15.2 Å². The Balaban J connectivity index is 2.20. The summed E-state index contributed by atoms with van der Waals surface area (Å²) in [6.45, 7) is 5.45. The topological polar surface area (TPSA) is 57.4 Å². The van der Waals surface area contributed by atoms with E-state index in [-0.39, 0.29) is 0 Å². The van der Waals surface area contributed by atoms with E-state index in [2.05, 4.69) is 20.9 Å². The molecule has 6 heteroatoms. The van der Waals surface area contributed by atoms with Crippen molar-refractivity contribution in [2.45, 2.75) is 27.0 Å². The summed E-state index contributed by atoms with van der Waals surface area (Å²) < 4.78 is 12.4. The Morgan fingerprint density at radius 1 is 1.35 bits per heavy atom. The average molecular weight is 357 g/mol. The molecule has 0 radical (unpaired) electrons. The van der Waals surface area contributed by atoms with Crippen molar-refractivity contribution in [1.82, 2.24) is 4.98 Å². The normalized spacial score (nSPS) is 10.6. The quantitative estimate of drug-likeness (QED) is 0.857. The van der Waals surface area contributed by atoms with Gasteiger partial charge in [0.1, 0.15) is 6.61 Å². The van der Waals surface area contributed by atoms with Crippen molar-refractivity contribution in [3.63, 3.8) is 0 Å². The fraction of sp³-hybridized carbons (Fsp3) is 0.357.